The van der Waals surface area contributed by atoms with Crippen molar-refractivity contribution in [1.82, 2.24) is 0 Å². The van der Waals surface area contributed by atoms with Crippen molar-refractivity contribution in [3.63, 3.8) is 0 Å². The first-order valence-corrected chi connectivity index (χ1v) is 4.56. The van der Waals surface area contributed by atoms with E-state index in [1.54, 1.807) is 0 Å². The molecule has 0 aliphatic rings. The lowest BCUT2D eigenvalue weighted by Gasteiger charge is -2.06. The normalized spacial score (nSPS) is 13.8. The monoisotopic (exact) mass is 184 g/mol. The Balaban J connectivity index is 4.60. The maximum absolute atomic E-state index is 5.74. The van der Waals surface area contributed by atoms with E-state index in [9.17, 15) is 0 Å². The van der Waals surface area contributed by atoms with Gasteiger partial charge in [0.15, 0.2) is 0 Å². The minimum absolute atomic E-state index is 0.543. The van der Waals surface area contributed by atoms with Crippen LogP contribution in [0.5, 0.6) is 0 Å². The minimum atomic E-state index is 0.543. The number of hydrogen-bond acceptors (Lipinski definition) is 0. The van der Waals surface area contributed by atoms with Gasteiger partial charge < -0.3 is 0 Å². The Hall–Kier alpha value is -0.490. The second-order valence-corrected chi connectivity index (χ2v) is 3.63. The fraction of sp³-hybridized carbons (Fsp3) is 0.455. The molecular formula is C11H17Cl. The average molecular weight is 185 g/mol. The summed E-state index contributed by atoms with van der Waals surface area (Å²) in [6.45, 7) is 12.0. The molecule has 0 aliphatic carbocycles. The SMILES string of the molecule is C=C(Cl)/C(C)=C\C(=C/C)C(C)C. The highest BCUT2D eigenvalue weighted by molar-refractivity contribution is 6.31. The van der Waals surface area contributed by atoms with Crippen LogP contribution < -0.4 is 0 Å². The fourth-order valence-electron chi connectivity index (χ4n) is 0.912. The van der Waals surface area contributed by atoms with Gasteiger partial charge in [-0.25, -0.2) is 0 Å². The van der Waals surface area contributed by atoms with Gasteiger partial charge in [-0.15, -0.1) is 0 Å². The molecule has 0 saturated carbocycles. The molecule has 0 atom stereocenters. The Bertz CT molecular complexity index is 219. The zero-order chi connectivity index (χ0) is 9.72. The minimum Gasteiger partial charge on any atom is -0.0847 e. The first-order chi connectivity index (χ1) is 5.49. The Morgan fingerprint density at radius 2 is 1.92 bits per heavy atom. The number of rotatable bonds is 3. The van der Waals surface area contributed by atoms with Gasteiger partial charge in [-0.05, 0) is 30.9 Å². The molecule has 68 valence electrons. The molecule has 0 fully saturated rings. The summed E-state index contributed by atoms with van der Waals surface area (Å²) < 4.78 is 0. The van der Waals surface area contributed by atoms with Gasteiger partial charge in [-0.3, -0.25) is 0 Å². The van der Waals surface area contributed by atoms with Gasteiger partial charge in [0.05, 0.1) is 0 Å². The number of halogens is 1. The average Bonchev–Trinajstić information content (AvgIpc) is 1.98. The molecule has 0 amide bonds. The Kier molecular flexibility index (Phi) is 5.00. The van der Waals surface area contributed by atoms with Crippen molar-refractivity contribution < 1.29 is 0 Å². The van der Waals surface area contributed by atoms with Crippen LogP contribution in [0.2, 0.25) is 0 Å². The summed E-state index contributed by atoms with van der Waals surface area (Å²) in [4.78, 5) is 0. The van der Waals surface area contributed by atoms with E-state index in [0.29, 0.717) is 11.0 Å². The lowest BCUT2D eigenvalue weighted by atomic mass is 10.0. The zero-order valence-electron chi connectivity index (χ0n) is 8.32. The van der Waals surface area contributed by atoms with Crippen LogP contribution in [0, 0.1) is 5.92 Å². The highest BCUT2D eigenvalue weighted by Crippen LogP contribution is 2.18. The largest absolute Gasteiger partial charge is 0.0847 e. The first-order valence-electron chi connectivity index (χ1n) is 4.18. The molecule has 0 heterocycles. The molecule has 0 aliphatic heterocycles. The Morgan fingerprint density at radius 1 is 1.42 bits per heavy atom. The van der Waals surface area contributed by atoms with Crippen molar-refractivity contribution in [1.29, 1.82) is 0 Å². The molecule has 0 N–H and O–H groups in total. The van der Waals surface area contributed by atoms with Gasteiger partial charge in [0.2, 0.25) is 0 Å². The number of allylic oxidation sites excluding steroid dienone is 5. The molecule has 0 saturated heterocycles. The van der Waals surface area contributed by atoms with Gasteiger partial charge in [0.1, 0.15) is 0 Å². The van der Waals surface area contributed by atoms with Crippen LogP contribution in [0.3, 0.4) is 0 Å². The molecule has 0 aromatic rings. The van der Waals surface area contributed by atoms with E-state index in [-0.39, 0.29) is 0 Å². The molecule has 1 heteroatoms. The van der Waals surface area contributed by atoms with Crippen molar-refractivity contribution in [2.45, 2.75) is 27.7 Å². The summed E-state index contributed by atoms with van der Waals surface area (Å²) in [5, 5.41) is 0.620. The summed E-state index contributed by atoms with van der Waals surface area (Å²) in [6, 6.07) is 0. The predicted molar refractivity (Wildman–Crippen MR) is 57.3 cm³/mol. The van der Waals surface area contributed by atoms with E-state index >= 15 is 0 Å². The fourth-order valence-corrected chi connectivity index (χ4v) is 0.966. The Labute approximate surface area is 80.6 Å². The highest BCUT2D eigenvalue weighted by Gasteiger charge is 1.99. The highest BCUT2D eigenvalue weighted by atomic mass is 35.5. The van der Waals surface area contributed by atoms with Crippen molar-refractivity contribution in [3.05, 3.63) is 34.9 Å². The van der Waals surface area contributed by atoms with E-state index in [2.05, 4.69) is 32.6 Å². The quantitative estimate of drug-likeness (QED) is 0.575. The third-order valence-electron chi connectivity index (χ3n) is 1.81. The molecule has 0 nitrogen and oxygen atoms in total. The van der Waals surface area contributed by atoms with E-state index < -0.39 is 0 Å². The van der Waals surface area contributed by atoms with Gasteiger partial charge in [0, 0.05) is 5.03 Å². The molecule has 0 rings (SSSR count). The molecule has 0 aromatic carbocycles. The van der Waals surface area contributed by atoms with Crippen LogP contribution in [0.1, 0.15) is 27.7 Å². The Morgan fingerprint density at radius 3 is 2.17 bits per heavy atom. The van der Waals surface area contributed by atoms with E-state index in [4.69, 9.17) is 11.6 Å². The maximum Gasteiger partial charge on any atom is 0.0363 e. The van der Waals surface area contributed by atoms with Crippen molar-refractivity contribution in [2.75, 3.05) is 0 Å². The first kappa shape index (κ1) is 11.5. The predicted octanol–water partition coefficient (Wildman–Crippen LogP) is 4.29. The molecule has 0 spiro atoms. The summed E-state index contributed by atoms with van der Waals surface area (Å²) in [5.74, 6) is 0.543. The van der Waals surface area contributed by atoms with E-state index in [0.717, 1.165) is 5.57 Å². The van der Waals surface area contributed by atoms with Gasteiger partial charge in [-0.1, -0.05) is 44.2 Å². The van der Waals surface area contributed by atoms with E-state index in [1.165, 1.54) is 5.57 Å². The molecule has 0 unspecified atom stereocenters. The van der Waals surface area contributed by atoms with Crippen LogP contribution in [0.25, 0.3) is 0 Å². The summed E-state index contributed by atoms with van der Waals surface area (Å²) in [5.41, 5.74) is 2.34. The number of hydrogen-bond donors (Lipinski definition) is 0. The molecule has 0 radical (unpaired) electrons. The van der Waals surface area contributed by atoms with Crippen LogP contribution in [0.4, 0.5) is 0 Å². The third-order valence-corrected chi connectivity index (χ3v) is 2.11. The smallest absolute Gasteiger partial charge is 0.0363 e. The van der Waals surface area contributed by atoms with Gasteiger partial charge >= 0.3 is 0 Å². The summed E-state index contributed by atoms with van der Waals surface area (Å²) >= 11 is 5.74. The summed E-state index contributed by atoms with van der Waals surface area (Å²) in [6.07, 6.45) is 4.19. The molecule has 0 aromatic heterocycles. The van der Waals surface area contributed by atoms with Gasteiger partial charge in [0.25, 0.3) is 0 Å². The third kappa shape index (κ3) is 3.77. The molecule has 12 heavy (non-hydrogen) atoms. The van der Waals surface area contributed by atoms with Crippen LogP contribution in [0.15, 0.2) is 34.9 Å². The van der Waals surface area contributed by atoms with E-state index in [1.807, 2.05) is 13.8 Å². The summed E-state index contributed by atoms with van der Waals surface area (Å²) in [7, 11) is 0. The lowest BCUT2D eigenvalue weighted by molar-refractivity contribution is 0.788. The molecule has 0 bridgehead atoms. The van der Waals surface area contributed by atoms with Crippen molar-refractivity contribution >= 4 is 11.6 Å². The van der Waals surface area contributed by atoms with Crippen LogP contribution >= 0.6 is 11.6 Å². The van der Waals surface area contributed by atoms with Crippen LogP contribution in [-0.2, 0) is 0 Å². The second kappa shape index (κ2) is 5.21. The van der Waals surface area contributed by atoms with Crippen molar-refractivity contribution in [2.24, 2.45) is 5.92 Å². The topological polar surface area (TPSA) is 0 Å². The second-order valence-electron chi connectivity index (χ2n) is 3.18. The van der Waals surface area contributed by atoms with Gasteiger partial charge in [-0.2, -0.15) is 0 Å². The molecular weight excluding hydrogens is 168 g/mol. The van der Waals surface area contributed by atoms with Crippen molar-refractivity contribution in [3.8, 4) is 0 Å². The standard InChI is InChI=1S/C11H17Cl/c1-6-11(8(2)3)7-9(4)10(5)12/h6-8H,5H2,1-4H3/b9-7-,11-6+. The lowest BCUT2D eigenvalue weighted by Crippen LogP contribution is -1.91. The maximum atomic E-state index is 5.74. The zero-order valence-corrected chi connectivity index (χ0v) is 9.07. The van der Waals surface area contributed by atoms with Crippen LogP contribution in [-0.4, -0.2) is 0 Å².